The summed E-state index contributed by atoms with van der Waals surface area (Å²) in [6.07, 6.45) is 2.44. The van der Waals surface area contributed by atoms with Gasteiger partial charge in [0.05, 0.1) is 11.8 Å². The molecule has 1 unspecified atom stereocenters. The molecule has 3 rings (SSSR count). The third kappa shape index (κ3) is 7.94. The summed E-state index contributed by atoms with van der Waals surface area (Å²) in [5.41, 5.74) is 2.62. The Kier molecular flexibility index (Phi) is 8.72. The summed E-state index contributed by atoms with van der Waals surface area (Å²) >= 11 is 0. The number of benzene rings is 2. The van der Waals surface area contributed by atoms with Crippen LogP contribution in [0.15, 0.2) is 48.5 Å². The molecule has 0 bridgehead atoms. The number of hydrogen-bond acceptors (Lipinski definition) is 5. The fourth-order valence-electron chi connectivity index (χ4n) is 3.24. The molecule has 0 aromatic heterocycles. The molecule has 0 saturated carbocycles. The molecule has 1 atom stereocenters. The number of anilines is 1. The van der Waals surface area contributed by atoms with Gasteiger partial charge in [0.15, 0.2) is 0 Å². The molecule has 7 heteroatoms. The van der Waals surface area contributed by atoms with E-state index in [0.29, 0.717) is 31.0 Å². The molecule has 1 fully saturated rings. The highest BCUT2D eigenvalue weighted by Gasteiger charge is 2.17. The van der Waals surface area contributed by atoms with E-state index in [-0.39, 0.29) is 25.0 Å². The lowest BCUT2D eigenvalue weighted by Crippen LogP contribution is -2.26. The van der Waals surface area contributed by atoms with Gasteiger partial charge in [-0.15, -0.1) is 0 Å². The van der Waals surface area contributed by atoms with Gasteiger partial charge in [0.1, 0.15) is 19.0 Å². The molecule has 166 valence electrons. The first kappa shape index (κ1) is 22.6. The van der Waals surface area contributed by atoms with E-state index >= 15 is 0 Å². The van der Waals surface area contributed by atoms with E-state index in [1.807, 2.05) is 55.5 Å². The lowest BCUT2D eigenvalue weighted by atomic mass is 10.2. The largest absolute Gasteiger partial charge is 0.489 e. The highest BCUT2D eigenvalue weighted by Crippen LogP contribution is 2.27. The first-order valence-corrected chi connectivity index (χ1v) is 10.7. The number of alkyl carbamates (subject to hydrolysis) is 1. The van der Waals surface area contributed by atoms with Gasteiger partial charge in [-0.2, -0.15) is 0 Å². The van der Waals surface area contributed by atoms with E-state index in [0.717, 1.165) is 30.6 Å². The Morgan fingerprint density at radius 3 is 2.77 bits per heavy atom. The summed E-state index contributed by atoms with van der Waals surface area (Å²) < 4.78 is 16.7. The van der Waals surface area contributed by atoms with Crippen LogP contribution in [0.25, 0.3) is 0 Å². The van der Waals surface area contributed by atoms with Crippen LogP contribution in [0.4, 0.5) is 10.5 Å². The summed E-state index contributed by atoms with van der Waals surface area (Å²) in [6.45, 7) is 3.81. The topological polar surface area (TPSA) is 85.9 Å². The molecule has 7 nitrogen and oxygen atoms in total. The fourth-order valence-corrected chi connectivity index (χ4v) is 3.24. The Bertz CT molecular complexity index is 850. The molecule has 31 heavy (non-hydrogen) atoms. The van der Waals surface area contributed by atoms with Crippen molar-refractivity contribution in [3.05, 3.63) is 59.7 Å². The van der Waals surface area contributed by atoms with Crippen LogP contribution in [0, 0.1) is 6.92 Å². The van der Waals surface area contributed by atoms with Crippen LogP contribution in [0.3, 0.4) is 0 Å². The molecular formula is C24H30N2O5. The average Bonchev–Trinajstić information content (AvgIpc) is 3.30. The molecule has 2 N–H and O–H groups in total. The van der Waals surface area contributed by atoms with Crippen LogP contribution in [0.5, 0.6) is 5.75 Å². The smallest absolute Gasteiger partial charge is 0.407 e. The zero-order valence-corrected chi connectivity index (χ0v) is 17.9. The minimum absolute atomic E-state index is 0.108. The van der Waals surface area contributed by atoms with Gasteiger partial charge in [-0.05, 0) is 49.4 Å². The van der Waals surface area contributed by atoms with Crippen molar-refractivity contribution < 1.29 is 23.8 Å². The van der Waals surface area contributed by atoms with Crippen LogP contribution in [0.1, 0.15) is 36.8 Å². The highest BCUT2D eigenvalue weighted by molar-refractivity contribution is 5.92. The van der Waals surface area contributed by atoms with E-state index in [2.05, 4.69) is 10.6 Å². The van der Waals surface area contributed by atoms with Crippen molar-refractivity contribution in [3.8, 4) is 5.75 Å². The van der Waals surface area contributed by atoms with Crippen LogP contribution >= 0.6 is 0 Å². The van der Waals surface area contributed by atoms with Gasteiger partial charge >= 0.3 is 6.09 Å². The van der Waals surface area contributed by atoms with Crippen molar-refractivity contribution in [1.29, 1.82) is 0 Å². The van der Waals surface area contributed by atoms with Crippen molar-refractivity contribution in [3.63, 3.8) is 0 Å². The summed E-state index contributed by atoms with van der Waals surface area (Å²) in [5, 5.41) is 5.56. The Labute approximate surface area is 183 Å². The maximum Gasteiger partial charge on any atom is 0.407 e. The number of hydrogen-bond donors (Lipinski definition) is 2. The minimum atomic E-state index is -0.493. The summed E-state index contributed by atoms with van der Waals surface area (Å²) in [7, 11) is 0. The predicted molar refractivity (Wildman–Crippen MR) is 118 cm³/mol. The molecule has 1 heterocycles. The minimum Gasteiger partial charge on any atom is -0.489 e. The first-order valence-electron chi connectivity index (χ1n) is 10.7. The quantitative estimate of drug-likeness (QED) is 0.556. The molecule has 2 amide bonds. The predicted octanol–water partition coefficient (Wildman–Crippen LogP) is 4.20. The van der Waals surface area contributed by atoms with Gasteiger partial charge in [0.2, 0.25) is 5.91 Å². The number of rotatable bonds is 10. The van der Waals surface area contributed by atoms with Crippen LogP contribution < -0.4 is 15.4 Å². The molecule has 1 aliphatic rings. The second-order valence-corrected chi connectivity index (χ2v) is 7.59. The molecule has 2 aromatic carbocycles. The van der Waals surface area contributed by atoms with E-state index < -0.39 is 6.09 Å². The van der Waals surface area contributed by atoms with Crippen LogP contribution in [-0.4, -0.2) is 37.9 Å². The lowest BCUT2D eigenvalue weighted by molar-refractivity contribution is -0.116. The van der Waals surface area contributed by atoms with Gasteiger partial charge in [-0.1, -0.05) is 36.4 Å². The number of carbonyl (C=O) groups excluding carboxylic acids is 2. The summed E-state index contributed by atoms with van der Waals surface area (Å²) in [6, 6.07) is 15.2. The highest BCUT2D eigenvalue weighted by atomic mass is 16.5. The third-order valence-electron chi connectivity index (χ3n) is 4.92. The average molecular weight is 427 g/mol. The van der Waals surface area contributed by atoms with Gasteiger partial charge in [0.25, 0.3) is 0 Å². The number of ether oxygens (including phenoxy) is 3. The number of carbonyl (C=O) groups is 2. The molecule has 1 aliphatic heterocycles. The SMILES string of the molecule is Cc1ccc(NC(=O)CCCNC(=O)OCc2ccccc2)c(OCC2CCCO2)c1. The van der Waals surface area contributed by atoms with Crippen molar-refractivity contribution in [2.75, 3.05) is 25.1 Å². The summed E-state index contributed by atoms with van der Waals surface area (Å²) in [5.74, 6) is 0.511. The van der Waals surface area contributed by atoms with E-state index in [4.69, 9.17) is 14.2 Å². The maximum atomic E-state index is 12.3. The second-order valence-electron chi connectivity index (χ2n) is 7.59. The zero-order chi connectivity index (χ0) is 21.9. The Morgan fingerprint density at radius 1 is 1.16 bits per heavy atom. The maximum absolute atomic E-state index is 12.3. The van der Waals surface area contributed by atoms with Gasteiger partial charge in [-0.3, -0.25) is 4.79 Å². The molecule has 2 aromatic rings. The Hall–Kier alpha value is -3.06. The molecule has 0 aliphatic carbocycles. The number of nitrogens with one attached hydrogen (secondary N) is 2. The van der Waals surface area contributed by atoms with E-state index in [1.54, 1.807) is 0 Å². The van der Waals surface area contributed by atoms with Gasteiger partial charge in [-0.25, -0.2) is 4.79 Å². The second kappa shape index (κ2) is 12.0. The third-order valence-corrected chi connectivity index (χ3v) is 4.92. The molecule has 0 radical (unpaired) electrons. The lowest BCUT2D eigenvalue weighted by Gasteiger charge is -2.16. The standard InChI is InChI=1S/C24H30N2O5/c1-18-11-12-21(22(15-18)30-17-20-9-6-14-29-20)26-23(27)10-5-13-25-24(28)31-16-19-7-3-2-4-8-19/h2-4,7-8,11-12,15,20H,5-6,9-10,13-14,16-17H2,1H3,(H,25,28)(H,26,27). The fraction of sp³-hybridized carbons (Fsp3) is 0.417. The van der Waals surface area contributed by atoms with Crippen molar-refractivity contribution in [1.82, 2.24) is 5.32 Å². The molecule has 0 spiro atoms. The van der Waals surface area contributed by atoms with E-state index in [9.17, 15) is 9.59 Å². The van der Waals surface area contributed by atoms with Crippen molar-refractivity contribution in [2.45, 2.75) is 45.3 Å². The Balaban J connectivity index is 1.36. The summed E-state index contributed by atoms with van der Waals surface area (Å²) in [4.78, 5) is 24.1. The van der Waals surface area contributed by atoms with Gasteiger partial charge in [0, 0.05) is 19.6 Å². The van der Waals surface area contributed by atoms with Crippen molar-refractivity contribution >= 4 is 17.7 Å². The monoisotopic (exact) mass is 426 g/mol. The first-order chi connectivity index (χ1) is 15.1. The molecule has 1 saturated heterocycles. The normalized spacial score (nSPS) is 15.3. The number of aryl methyl sites for hydroxylation is 1. The van der Waals surface area contributed by atoms with Gasteiger partial charge < -0.3 is 24.8 Å². The molecular weight excluding hydrogens is 396 g/mol. The Morgan fingerprint density at radius 2 is 2.00 bits per heavy atom. The number of amides is 2. The van der Waals surface area contributed by atoms with E-state index in [1.165, 1.54) is 0 Å². The zero-order valence-electron chi connectivity index (χ0n) is 17.9. The van der Waals surface area contributed by atoms with Crippen LogP contribution in [0.2, 0.25) is 0 Å². The van der Waals surface area contributed by atoms with Crippen molar-refractivity contribution in [2.24, 2.45) is 0 Å². The van der Waals surface area contributed by atoms with Crippen LogP contribution in [-0.2, 0) is 20.9 Å².